The van der Waals surface area contributed by atoms with E-state index in [4.69, 9.17) is 4.74 Å². The van der Waals surface area contributed by atoms with Crippen molar-refractivity contribution in [2.45, 2.75) is 97.1 Å². The summed E-state index contributed by atoms with van der Waals surface area (Å²) in [5.41, 5.74) is -0.479. The highest BCUT2D eigenvalue weighted by Gasteiger charge is 2.59. The number of aliphatic hydroxyl groups is 1. The molecule has 210 valence electrons. The third kappa shape index (κ3) is 4.70. The van der Waals surface area contributed by atoms with Crippen LogP contribution in [0.2, 0.25) is 0 Å². The number of nitrogens with zero attached hydrogens (tertiary/aromatic N) is 3. The van der Waals surface area contributed by atoms with Crippen LogP contribution in [-0.4, -0.2) is 45.2 Å². The molecule has 3 fully saturated rings. The molecular formula is C30H43F2N3O3. The second kappa shape index (κ2) is 10.2. The minimum absolute atomic E-state index is 0.0206. The minimum atomic E-state index is -1.02. The Hall–Kier alpha value is -1.93. The molecule has 2 aromatic rings. The molecule has 6 nitrogen and oxygen atoms in total. The van der Waals surface area contributed by atoms with Crippen molar-refractivity contribution in [1.29, 1.82) is 0 Å². The van der Waals surface area contributed by atoms with Gasteiger partial charge in [0.25, 0.3) is 0 Å². The zero-order chi connectivity index (χ0) is 27.3. The Morgan fingerprint density at radius 3 is 2.50 bits per heavy atom. The summed E-state index contributed by atoms with van der Waals surface area (Å²) in [6, 6.07) is 2.43. The summed E-state index contributed by atoms with van der Waals surface area (Å²) in [7, 11) is 1.80. The molecule has 5 rings (SSSR count). The Labute approximate surface area is 224 Å². The number of fused-ring (bicyclic) bond motifs is 2. The maximum absolute atomic E-state index is 14.2. The number of carbonyl (C=O) groups is 1. The molecule has 1 aromatic heterocycles. The van der Waals surface area contributed by atoms with E-state index in [9.17, 15) is 18.7 Å². The maximum Gasteiger partial charge on any atom is 0.188 e. The largest absolute Gasteiger partial charge is 0.390 e. The van der Waals surface area contributed by atoms with Crippen molar-refractivity contribution in [1.82, 2.24) is 15.0 Å². The number of ether oxygens (including phenoxy) is 1. The van der Waals surface area contributed by atoms with Gasteiger partial charge in [0.1, 0.15) is 12.1 Å². The molecule has 0 bridgehead atoms. The first kappa shape index (κ1) is 27.6. The minimum Gasteiger partial charge on any atom is -0.390 e. The van der Waals surface area contributed by atoms with Crippen LogP contribution in [0.5, 0.6) is 0 Å². The summed E-state index contributed by atoms with van der Waals surface area (Å²) >= 11 is 0. The number of rotatable bonds is 8. The van der Waals surface area contributed by atoms with Crippen LogP contribution in [0.4, 0.5) is 8.78 Å². The number of Topliss-reactive ketones (excluding diaryl/α,β-unsaturated/α-hetero) is 1. The summed E-state index contributed by atoms with van der Waals surface area (Å²) in [6.07, 6.45) is 9.79. The van der Waals surface area contributed by atoms with Crippen LogP contribution < -0.4 is 0 Å². The van der Waals surface area contributed by atoms with E-state index in [1.807, 2.05) is 6.92 Å². The highest BCUT2D eigenvalue weighted by atomic mass is 19.2. The Balaban J connectivity index is 1.37. The Morgan fingerprint density at radius 1 is 1.08 bits per heavy atom. The second-order valence-corrected chi connectivity index (χ2v) is 13.1. The molecule has 1 N–H and O–H groups in total. The molecule has 3 saturated carbocycles. The van der Waals surface area contributed by atoms with Crippen molar-refractivity contribution in [3.05, 3.63) is 23.8 Å². The molecule has 0 spiro atoms. The fourth-order valence-electron chi connectivity index (χ4n) is 8.80. The van der Waals surface area contributed by atoms with Crippen molar-refractivity contribution >= 4 is 16.8 Å². The van der Waals surface area contributed by atoms with E-state index in [0.717, 1.165) is 76.9 Å². The van der Waals surface area contributed by atoms with E-state index in [2.05, 4.69) is 24.0 Å². The highest BCUT2D eigenvalue weighted by molar-refractivity contribution is 5.82. The number of carbonyl (C=O) groups excluding carboxylic acids is 1. The van der Waals surface area contributed by atoms with Gasteiger partial charge in [-0.25, -0.2) is 8.78 Å². The Morgan fingerprint density at radius 2 is 1.82 bits per heavy atom. The molecular weight excluding hydrogens is 488 g/mol. The number of hydrogen-bond donors (Lipinski definition) is 1. The summed E-state index contributed by atoms with van der Waals surface area (Å²) in [5, 5.41) is 19.1. The molecule has 8 heteroatoms. The van der Waals surface area contributed by atoms with Crippen LogP contribution in [0.1, 0.15) is 85.0 Å². The lowest BCUT2D eigenvalue weighted by Crippen LogP contribution is -2.52. The van der Waals surface area contributed by atoms with Crippen LogP contribution in [0, 0.1) is 46.1 Å². The van der Waals surface area contributed by atoms with E-state index >= 15 is 0 Å². The number of halogens is 2. The molecule has 1 aromatic carbocycles. The molecule has 5 atom stereocenters. The van der Waals surface area contributed by atoms with E-state index < -0.39 is 17.2 Å². The van der Waals surface area contributed by atoms with Gasteiger partial charge < -0.3 is 9.84 Å². The first-order valence-electron chi connectivity index (χ1n) is 14.5. The zero-order valence-corrected chi connectivity index (χ0v) is 23.3. The fourth-order valence-corrected chi connectivity index (χ4v) is 8.80. The third-order valence-corrected chi connectivity index (χ3v) is 10.8. The van der Waals surface area contributed by atoms with Crippen LogP contribution in [0.25, 0.3) is 11.0 Å². The summed E-state index contributed by atoms with van der Waals surface area (Å²) < 4.78 is 33.6. The molecule has 3 aliphatic rings. The second-order valence-electron chi connectivity index (χ2n) is 13.1. The summed E-state index contributed by atoms with van der Waals surface area (Å²) in [5.74, 6) is -0.474. The van der Waals surface area contributed by atoms with Gasteiger partial charge in [-0.15, -0.1) is 5.10 Å². The SMILES string of the molecule is CCC[C@@H]1[C@@H](C2(COC)CCC(C)(O)CC2)CC[C@]2(C)[C@@H](C(=O)Cn3nc4ccc(F)c(F)c4n3)CC[C@@H]12. The average molecular weight is 532 g/mol. The van der Waals surface area contributed by atoms with E-state index in [1.165, 1.54) is 10.9 Å². The molecule has 0 amide bonds. The first-order chi connectivity index (χ1) is 18.0. The Bertz CT molecular complexity index is 1170. The number of methoxy groups -OCH3 is 1. The first-order valence-corrected chi connectivity index (χ1v) is 14.5. The van der Waals surface area contributed by atoms with Gasteiger partial charge in [-0.3, -0.25) is 4.79 Å². The normalized spacial score (nSPS) is 37.4. The molecule has 0 unspecified atom stereocenters. The predicted molar refractivity (Wildman–Crippen MR) is 141 cm³/mol. The molecule has 3 aliphatic carbocycles. The summed E-state index contributed by atoms with van der Waals surface area (Å²) in [6.45, 7) is 7.23. The number of benzene rings is 1. The number of ketones is 1. The Kier molecular flexibility index (Phi) is 7.44. The van der Waals surface area contributed by atoms with Gasteiger partial charge in [0.2, 0.25) is 0 Å². The third-order valence-electron chi connectivity index (χ3n) is 10.8. The van der Waals surface area contributed by atoms with Gasteiger partial charge in [-0.2, -0.15) is 9.90 Å². The van der Waals surface area contributed by atoms with Gasteiger partial charge in [0.15, 0.2) is 22.9 Å². The highest BCUT2D eigenvalue weighted by Crippen LogP contribution is 2.64. The molecule has 0 radical (unpaired) electrons. The van der Waals surface area contributed by atoms with Crippen LogP contribution >= 0.6 is 0 Å². The monoisotopic (exact) mass is 531 g/mol. The van der Waals surface area contributed by atoms with Crippen LogP contribution in [0.3, 0.4) is 0 Å². The molecule has 38 heavy (non-hydrogen) atoms. The van der Waals surface area contributed by atoms with Crippen LogP contribution in [-0.2, 0) is 16.1 Å². The van der Waals surface area contributed by atoms with Crippen molar-refractivity contribution in [2.75, 3.05) is 13.7 Å². The van der Waals surface area contributed by atoms with Gasteiger partial charge >= 0.3 is 0 Å². The quantitative estimate of drug-likeness (QED) is 0.446. The fraction of sp³-hybridized carbons (Fsp3) is 0.767. The van der Waals surface area contributed by atoms with E-state index in [0.29, 0.717) is 17.8 Å². The zero-order valence-electron chi connectivity index (χ0n) is 23.3. The summed E-state index contributed by atoms with van der Waals surface area (Å²) in [4.78, 5) is 14.9. The lowest BCUT2D eigenvalue weighted by molar-refractivity contribution is -0.136. The van der Waals surface area contributed by atoms with Crippen molar-refractivity contribution in [3.63, 3.8) is 0 Å². The van der Waals surface area contributed by atoms with Gasteiger partial charge in [0.05, 0.1) is 12.2 Å². The van der Waals surface area contributed by atoms with E-state index in [1.54, 1.807) is 7.11 Å². The molecule has 0 saturated heterocycles. The average Bonchev–Trinajstić information content (AvgIpc) is 3.44. The van der Waals surface area contributed by atoms with Crippen molar-refractivity contribution < 1.29 is 23.4 Å². The lowest BCUT2D eigenvalue weighted by atomic mass is 9.49. The topological polar surface area (TPSA) is 77.2 Å². The smallest absolute Gasteiger partial charge is 0.188 e. The molecule has 0 aliphatic heterocycles. The standard InChI is InChI=1S/C30H43F2N3O3/c1-5-6-19-20-7-8-22(25(36)17-35-33-24-10-9-23(31)26(32)27(24)34-35)29(20,3)12-11-21(19)30(18-38-4)15-13-28(2,37)14-16-30/h9-10,19-22,37H,5-8,11-18H2,1-4H3/t19-,20-,21-,22+,28?,29-,30?/m0/s1. The van der Waals surface area contributed by atoms with Gasteiger partial charge in [0, 0.05) is 13.0 Å². The van der Waals surface area contributed by atoms with Crippen molar-refractivity contribution in [3.8, 4) is 0 Å². The van der Waals surface area contributed by atoms with Gasteiger partial charge in [-0.05, 0) is 99.0 Å². The van der Waals surface area contributed by atoms with Crippen molar-refractivity contribution in [2.24, 2.45) is 34.5 Å². The van der Waals surface area contributed by atoms with Gasteiger partial charge in [-0.1, -0.05) is 26.7 Å². The number of hydrogen-bond acceptors (Lipinski definition) is 5. The molecule has 1 heterocycles. The number of aromatic nitrogens is 3. The lowest BCUT2D eigenvalue weighted by Gasteiger charge is -2.56. The maximum atomic E-state index is 14.2. The van der Waals surface area contributed by atoms with Crippen LogP contribution in [0.15, 0.2) is 12.1 Å². The predicted octanol–water partition coefficient (Wildman–Crippen LogP) is 6.10. The van der Waals surface area contributed by atoms with E-state index in [-0.39, 0.29) is 40.1 Å².